The summed E-state index contributed by atoms with van der Waals surface area (Å²) in [7, 11) is 1.81. The van der Waals surface area contributed by atoms with Gasteiger partial charge < -0.3 is 14.5 Å². The Balaban J connectivity index is 1.39. The lowest BCUT2D eigenvalue weighted by atomic mass is 9.87. The standard InChI is InChI=1S/C21H28N4O2/c1-3-25(17-7-5-4-6-8-17)18-15-21(27-16-18)10-13-24(14-11-21)20(26)19-9-12-22-23(19)2/h4-9,12,18H,3,10-11,13-16H2,1-2H3/t18-/m0/s1. The molecule has 27 heavy (non-hydrogen) atoms. The number of carbonyl (C=O) groups is 1. The van der Waals surface area contributed by atoms with Crippen molar-refractivity contribution in [2.24, 2.45) is 7.05 Å². The molecule has 2 aliphatic heterocycles. The fourth-order valence-corrected chi connectivity index (χ4v) is 4.50. The van der Waals surface area contributed by atoms with Gasteiger partial charge >= 0.3 is 0 Å². The molecule has 1 atom stereocenters. The van der Waals surface area contributed by atoms with Crippen LogP contribution in [0, 0.1) is 0 Å². The van der Waals surface area contributed by atoms with Crippen molar-refractivity contribution in [1.82, 2.24) is 14.7 Å². The quantitative estimate of drug-likeness (QED) is 0.833. The number of ether oxygens (including phenoxy) is 1. The monoisotopic (exact) mass is 368 g/mol. The van der Waals surface area contributed by atoms with Crippen molar-refractivity contribution in [3.05, 3.63) is 48.3 Å². The average Bonchev–Trinajstić information content (AvgIpc) is 3.30. The number of benzene rings is 1. The number of aryl methyl sites for hydroxylation is 1. The Labute approximate surface area is 160 Å². The summed E-state index contributed by atoms with van der Waals surface area (Å²) in [5, 5.41) is 4.11. The van der Waals surface area contributed by atoms with Crippen molar-refractivity contribution < 1.29 is 9.53 Å². The van der Waals surface area contributed by atoms with Crippen molar-refractivity contribution in [2.45, 2.75) is 37.8 Å². The Hall–Kier alpha value is -2.34. The van der Waals surface area contributed by atoms with Gasteiger partial charge in [0.25, 0.3) is 5.91 Å². The van der Waals surface area contributed by atoms with Crippen LogP contribution in [-0.4, -0.2) is 58.5 Å². The molecule has 0 radical (unpaired) electrons. The van der Waals surface area contributed by atoms with E-state index in [1.165, 1.54) is 5.69 Å². The molecule has 2 aliphatic rings. The number of hydrogen-bond acceptors (Lipinski definition) is 4. The molecule has 1 aromatic carbocycles. The van der Waals surface area contributed by atoms with Gasteiger partial charge in [-0.25, -0.2) is 0 Å². The summed E-state index contributed by atoms with van der Waals surface area (Å²) in [6, 6.07) is 12.8. The minimum atomic E-state index is -0.0872. The van der Waals surface area contributed by atoms with Gasteiger partial charge in [0.2, 0.25) is 0 Å². The molecule has 1 spiro atoms. The number of hydrogen-bond donors (Lipinski definition) is 0. The first-order chi connectivity index (χ1) is 13.1. The highest BCUT2D eigenvalue weighted by Gasteiger charge is 2.45. The number of amides is 1. The molecule has 6 heteroatoms. The molecule has 2 fully saturated rings. The van der Waals surface area contributed by atoms with Crippen LogP contribution in [0.1, 0.15) is 36.7 Å². The summed E-state index contributed by atoms with van der Waals surface area (Å²) >= 11 is 0. The van der Waals surface area contributed by atoms with Crippen molar-refractivity contribution in [1.29, 1.82) is 0 Å². The fraction of sp³-hybridized carbons (Fsp3) is 0.524. The second-order valence-electron chi connectivity index (χ2n) is 7.61. The number of aromatic nitrogens is 2. The second-order valence-corrected chi connectivity index (χ2v) is 7.61. The van der Waals surface area contributed by atoms with E-state index in [1.54, 1.807) is 16.9 Å². The van der Waals surface area contributed by atoms with E-state index < -0.39 is 0 Å². The third kappa shape index (κ3) is 3.46. The topological polar surface area (TPSA) is 50.6 Å². The number of likely N-dealkylation sites (tertiary alicyclic amines) is 1. The van der Waals surface area contributed by atoms with E-state index in [1.807, 2.05) is 11.9 Å². The number of para-hydroxylation sites is 1. The second kappa shape index (κ2) is 7.35. The van der Waals surface area contributed by atoms with Gasteiger partial charge in [0.05, 0.1) is 18.2 Å². The molecule has 2 saturated heterocycles. The van der Waals surface area contributed by atoms with E-state index in [0.29, 0.717) is 11.7 Å². The van der Waals surface area contributed by atoms with E-state index in [4.69, 9.17) is 4.74 Å². The van der Waals surface area contributed by atoms with Crippen molar-refractivity contribution in [3.63, 3.8) is 0 Å². The summed E-state index contributed by atoms with van der Waals surface area (Å²) in [6.45, 7) is 5.42. The van der Waals surface area contributed by atoms with E-state index in [2.05, 4.69) is 47.3 Å². The Kier molecular flexibility index (Phi) is 4.91. The summed E-state index contributed by atoms with van der Waals surface area (Å²) in [6.07, 6.45) is 4.51. The highest BCUT2D eigenvalue weighted by atomic mass is 16.5. The van der Waals surface area contributed by atoms with Gasteiger partial charge in [-0.3, -0.25) is 9.48 Å². The number of anilines is 1. The molecule has 4 rings (SSSR count). The van der Waals surface area contributed by atoms with Crippen LogP contribution in [0.25, 0.3) is 0 Å². The summed E-state index contributed by atoms with van der Waals surface area (Å²) in [4.78, 5) is 17.1. The van der Waals surface area contributed by atoms with Crippen LogP contribution in [0.3, 0.4) is 0 Å². The first kappa shape index (κ1) is 18.0. The summed E-state index contributed by atoms with van der Waals surface area (Å²) in [5.41, 5.74) is 1.82. The summed E-state index contributed by atoms with van der Waals surface area (Å²) < 4.78 is 7.99. The lowest BCUT2D eigenvalue weighted by Crippen LogP contribution is -2.47. The first-order valence-corrected chi connectivity index (χ1v) is 9.85. The molecule has 0 bridgehead atoms. The van der Waals surface area contributed by atoms with Gasteiger partial charge in [-0.2, -0.15) is 5.10 Å². The molecular formula is C21H28N4O2. The van der Waals surface area contributed by atoms with Crippen LogP contribution in [-0.2, 0) is 11.8 Å². The number of likely N-dealkylation sites (N-methyl/N-ethyl adjacent to an activating group) is 1. The van der Waals surface area contributed by atoms with Crippen molar-refractivity contribution in [2.75, 3.05) is 31.1 Å². The molecule has 2 aromatic rings. The predicted molar refractivity (Wildman–Crippen MR) is 105 cm³/mol. The van der Waals surface area contributed by atoms with Gasteiger partial charge in [-0.1, -0.05) is 18.2 Å². The first-order valence-electron chi connectivity index (χ1n) is 9.85. The van der Waals surface area contributed by atoms with E-state index >= 15 is 0 Å². The lowest BCUT2D eigenvalue weighted by molar-refractivity contribution is -0.0390. The Morgan fingerprint density at radius 3 is 2.63 bits per heavy atom. The van der Waals surface area contributed by atoms with Crippen LogP contribution in [0.2, 0.25) is 0 Å². The van der Waals surface area contributed by atoms with Crippen LogP contribution in [0.15, 0.2) is 42.6 Å². The Morgan fingerprint density at radius 2 is 2.00 bits per heavy atom. The normalized spacial score (nSPS) is 21.6. The molecule has 3 heterocycles. The van der Waals surface area contributed by atoms with Gasteiger partial charge in [0.15, 0.2) is 0 Å². The van der Waals surface area contributed by atoms with Crippen LogP contribution in [0.5, 0.6) is 0 Å². The fourth-order valence-electron chi connectivity index (χ4n) is 4.50. The lowest BCUT2D eigenvalue weighted by Gasteiger charge is -2.39. The molecule has 1 amide bonds. The average molecular weight is 368 g/mol. The number of piperidine rings is 1. The molecule has 0 saturated carbocycles. The zero-order valence-corrected chi connectivity index (χ0v) is 16.2. The van der Waals surface area contributed by atoms with E-state index in [-0.39, 0.29) is 11.5 Å². The Bertz CT molecular complexity index is 780. The molecular weight excluding hydrogens is 340 g/mol. The van der Waals surface area contributed by atoms with Gasteiger partial charge in [-0.05, 0) is 44.4 Å². The van der Waals surface area contributed by atoms with Gasteiger partial charge in [0.1, 0.15) is 5.69 Å². The molecule has 1 aromatic heterocycles. The number of rotatable bonds is 4. The highest BCUT2D eigenvalue weighted by molar-refractivity contribution is 5.92. The zero-order chi connectivity index (χ0) is 18.9. The molecule has 0 N–H and O–H groups in total. The largest absolute Gasteiger partial charge is 0.373 e. The molecule has 6 nitrogen and oxygen atoms in total. The minimum absolute atomic E-state index is 0.0684. The Morgan fingerprint density at radius 1 is 1.26 bits per heavy atom. The van der Waals surface area contributed by atoms with E-state index in [9.17, 15) is 4.79 Å². The smallest absolute Gasteiger partial charge is 0.272 e. The van der Waals surface area contributed by atoms with Crippen molar-refractivity contribution in [3.8, 4) is 0 Å². The van der Waals surface area contributed by atoms with Gasteiger partial charge in [0, 0.05) is 38.6 Å². The van der Waals surface area contributed by atoms with Crippen molar-refractivity contribution >= 4 is 11.6 Å². The third-order valence-corrected chi connectivity index (χ3v) is 6.06. The molecule has 144 valence electrons. The van der Waals surface area contributed by atoms with E-state index in [0.717, 1.165) is 45.5 Å². The maximum atomic E-state index is 12.7. The third-order valence-electron chi connectivity index (χ3n) is 6.06. The van der Waals surface area contributed by atoms with Crippen LogP contribution < -0.4 is 4.90 Å². The number of carbonyl (C=O) groups excluding carboxylic acids is 1. The SMILES string of the molecule is CCN(c1ccccc1)[C@@H]1COC2(CCN(C(=O)c3ccnn3C)CC2)C1. The zero-order valence-electron chi connectivity index (χ0n) is 16.2. The maximum Gasteiger partial charge on any atom is 0.272 e. The minimum Gasteiger partial charge on any atom is -0.373 e. The van der Waals surface area contributed by atoms with Crippen LogP contribution in [0.4, 0.5) is 5.69 Å². The summed E-state index contributed by atoms with van der Waals surface area (Å²) in [5.74, 6) is 0.0684. The van der Waals surface area contributed by atoms with Gasteiger partial charge in [-0.15, -0.1) is 0 Å². The highest BCUT2D eigenvalue weighted by Crippen LogP contribution is 2.39. The maximum absolute atomic E-state index is 12.7. The molecule has 0 aliphatic carbocycles. The molecule has 0 unspecified atom stereocenters. The number of nitrogens with zero attached hydrogens (tertiary/aromatic N) is 4. The van der Waals surface area contributed by atoms with Crippen LogP contribution >= 0.6 is 0 Å². The predicted octanol–water partition coefficient (Wildman–Crippen LogP) is 2.71.